The normalized spacial score (nSPS) is 18.6. The summed E-state index contributed by atoms with van der Waals surface area (Å²) < 4.78 is 73.4. The SMILES string of the molecule is COc1ccc2ncc(CN3CCOCC3)c(C(F)CCC3(CO)CCN(CCOc4c(F)cc(F)cc4F)CC3)c2c1. The maximum Gasteiger partial charge on any atom is 0.190 e. The van der Waals surface area contributed by atoms with E-state index in [0.717, 1.165) is 24.0 Å². The van der Waals surface area contributed by atoms with Crippen molar-refractivity contribution in [3.05, 3.63) is 65.1 Å². The minimum Gasteiger partial charge on any atom is -0.497 e. The van der Waals surface area contributed by atoms with Crippen LogP contribution in [0.5, 0.6) is 11.5 Å². The summed E-state index contributed by atoms with van der Waals surface area (Å²) in [5.74, 6) is -3.11. The smallest absolute Gasteiger partial charge is 0.190 e. The van der Waals surface area contributed by atoms with Crippen LogP contribution in [0.2, 0.25) is 0 Å². The van der Waals surface area contributed by atoms with Crippen LogP contribution in [0.3, 0.4) is 0 Å². The number of piperidine rings is 1. The molecule has 1 atom stereocenters. The Labute approximate surface area is 249 Å². The number of aliphatic hydroxyl groups excluding tert-OH is 1. The van der Waals surface area contributed by atoms with Crippen LogP contribution < -0.4 is 9.47 Å². The number of hydrogen-bond acceptors (Lipinski definition) is 7. The largest absolute Gasteiger partial charge is 0.497 e. The van der Waals surface area contributed by atoms with Crippen molar-refractivity contribution in [2.45, 2.75) is 38.4 Å². The van der Waals surface area contributed by atoms with Gasteiger partial charge in [0.05, 0.1) is 25.8 Å². The Morgan fingerprint density at radius 2 is 1.74 bits per heavy atom. The highest BCUT2D eigenvalue weighted by atomic mass is 19.1. The van der Waals surface area contributed by atoms with Gasteiger partial charge in [-0.1, -0.05) is 0 Å². The Morgan fingerprint density at radius 1 is 1.02 bits per heavy atom. The van der Waals surface area contributed by atoms with Crippen molar-refractivity contribution < 1.29 is 36.9 Å². The fourth-order valence-electron chi connectivity index (χ4n) is 6.12. The summed E-state index contributed by atoms with van der Waals surface area (Å²) >= 11 is 0. The lowest BCUT2D eigenvalue weighted by Gasteiger charge is -2.41. The van der Waals surface area contributed by atoms with E-state index in [-0.39, 0.29) is 19.6 Å². The first kappa shape index (κ1) is 31.4. The highest BCUT2D eigenvalue weighted by Gasteiger charge is 2.35. The Hall–Kier alpha value is -2.99. The van der Waals surface area contributed by atoms with Crippen molar-refractivity contribution in [3.63, 3.8) is 0 Å². The molecular weight excluding hydrogens is 566 g/mol. The van der Waals surface area contributed by atoms with Crippen molar-refractivity contribution >= 4 is 10.9 Å². The number of aliphatic hydroxyl groups is 1. The number of benzene rings is 2. The number of ether oxygens (including phenoxy) is 3. The predicted octanol–water partition coefficient (Wildman–Crippen LogP) is 5.44. The van der Waals surface area contributed by atoms with Crippen molar-refractivity contribution in [2.75, 3.05) is 66.3 Å². The van der Waals surface area contributed by atoms with Crippen LogP contribution in [-0.2, 0) is 11.3 Å². The number of methoxy groups -OCH3 is 1. The van der Waals surface area contributed by atoms with Crippen LogP contribution in [0.15, 0.2) is 36.5 Å². The van der Waals surface area contributed by atoms with Crippen molar-refractivity contribution in [1.29, 1.82) is 0 Å². The van der Waals surface area contributed by atoms with Gasteiger partial charge < -0.3 is 19.3 Å². The molecule has 5 rings (SSSR count). The van der Waals surface area contributed by atoms with Gasteiger partial charge in [0.1, 0.15) is 24.3 Å². The van der Waals surface area contributed by atoms with Gasteiger partial charge in [0.15, 0.2) is 17.4 Å². The van der Waals surface area contributed by atoms with Gasteiger partial charge in [0.25, 0.3) is 0 Å². The summed E-state index contributed by atoms with van der Waals surface area (Å²) in [6, 6.07) is 6.68. The number of halogens is 4. The lowest BCUT2D eigenvalue weighted by atomic mass is 9.74. The van der Waals surface area contributed by atoms with E-state index in [1.54, 1.807) is 13.3 Å². The Bertz CT molecular complexity index is 1360. The summed E-state index contributed by atoms with van der Waals surface area (Å²) in [7, 11) is 1.58. The lowest BCUT2D eigenvalue weighted by molar-refractivity contribution is 0.0259. The number of pyridine rings is 1. The van der Waals surface area contributed by atoms with Gasteiger partial charge in [0.2, 0.25) is 0 Å². The molecule has 1 aromatic heterocycles. The molecule has 0 aliphatic carbocycles. The van der Waals surface area contributed by atoms with Crippen molar-refractivity contribution in [3.8, 4) is 11.5 Å². The predicted molar refractivity (Wildman–Crippen MR) is 154 cm³/mol. The third-order valence-electron chi connectivity index (χ3n) is 8.81. The first-order valence-electron chi connectivity index (χ1n) is 14.8. The molecule has 1 unspecified atom stereocenters. The molecular formula is C32H39F4N3O4. The first-order valence-corrected chi connectivity index (χ1v) is 14.8. The number of likely N-dealkylation sites (tertiary alicyclic amines) is 1. The Balaban J connectivity index is 1.22. The Kier molecular flexibility index (Phi) is 10.4. The molecule has 2 aromatic carbocycles. The molecule has 7 nitrogen and oxygen atoms in total. The molecule has 0 bridgehead atoms. The minimum atomic E-state index is -1.26. The number of aromatic nitrogens is 1. The molecule has 11 heteroatoms. The molecule has 0 radical (unpaired) electrons. The number of rotatable bonds is 12. The summed E-state index contributed by atoms with van der Waals surface area (Å²) in [6.07, 6.45) is 2.58. The molecule has 43 heavy (non-hydrogen) atoms. The highest BCUT2D eigenvalue weighted by Crippen LogP contribution is 2.41. The molecule has 3 heterocycles. The molecule has 0 amide bonds. The quantitative estimate of drug-likeness (QED) is 0.276. The van der Waals surface area contributed by atoms with Crippen molar-refractivity contribution in [2.24, 2.45) is 5.41 Å². The van der Waals surface area contributed by atoms with Crippen LogP contribution in [0.4, 0.5) is 17.6 Å². The van der Waals surface area contributed by atoms with Crippen LogP contribution in [0.1, 0.15) is 43.0 Å². The molecule has 1 N–H and O–H groups in total. The van der Waals surface area contributed by atoms with Gasteiger partial charge in [-0.3, -0.25) is 14.8 Å². The first-order chi connectivity index (χ1) is 20.8. The molecule has 0 spiro atoms. The van der Waals surface area contributed by atoms with Gasteiger partial charge in [-0.05, 0) is 68.0 Å². The third kappa shape index (κ3) is 7.57. The van der Waals surface area contributed by atoms with Gasteiger partial charge in [-0.15, -0.1) is 0 Å². The molecule has 2 saturated heterocycles. The minimum absolute atomic E-state index is 0.0304. The fourth-order valence-corrected chi connectivity index (χ4v) is 6.12. The second-order valence-corrected chi connectivity index (χ2v) is 11.5. The lowest BCUT2D eigenvalue weighted by Crippen LogP contribution is -2.43. The zero-order valence-electron chi connectivity index (χ0n) is 24.5. The average molecular weight is 606 g/mol. The van der Waals surface area contributed by atoms with E-state index in [9.17, 15) is 18.3 Å². The summed E-state index contributed by atoms with van der Waals surface area (Å²) in [5, 5.41) is 11.1. The van der Waals surface area contributed by atoms with Crippen LogP contribution in [0.25, 0.3) is 10.9 Å². The number of hydrogen-bond donors (Lipinski definition) is 1. The average Bonchev–Trinajstić information content (AvgIpc) is 3.02. The summed E-state index contributed by atoms with van der Waals surface area (Å²) in [6.45, 7) is 5.07. The highest BCUT2D eigenvalue weighted by molar-refractivity contribution is 5.85. The monoisotopic (exact) mass is 605 g/mol. The molecule has 234 valence electrons. The standard InChI is InChI=1S/C32H39F4N3O4/c1-41-24-2-3-29-25(18-24)30(22(19-37-29)20-39-10-13-42-14-11-39)26(34)4-5-32(21-40)6-8-38(9-7-32)12-15-43-31-27(35)16-23(33)17-28(31)36/h2-3,16-19,26,40H,4-15,20-21H2,1H3. The number of alkyl halides is 1. The zero-order chi connectivity index (χ0) is 30.4. The number of morpholine rings is 1. The second kappa shape index (κ2) is 14.2. The fraction of sp³-hybridized carbons (Fsp3) is 0.531. The van der Waals surface area contributed by atoms with Crippen LogP contribution >= 0.6 is 0 Å². The van der Waals surface area contributed by atoms with Gasteiger partial charge in [0, 0.05) is 62.1 Å². The third-order valence-corrected chi connectivity index (χ3v) is 8.81. The molecule has 0 saturated carbocycles. The molecule has 2 aliphatic heterocycles. The van der Waals surface area contributed by atoms with E-state index in [4.69, 9.17) is 14.2 Å². The summed E-state index contributed by atoms with van der Waals surface area (Å²) in [5.41, 5.74) is 1.74. The van der Waals surface area contributed by atoms with E-state index >= 15 is 4.39 Å². The second-order valence-electron chi connectivity index (χ2n) is 11.5. The molecule has 3 aromatic rings. The van der Waals surface area contributed by atoms with Gasteiger partial charge in [-0.2, -0.15) is 0 Å². The Morgan fingerprint density at radius 3 is 2.42 bits per heavy atom. The summed E-state index contributed by atoms with van der Waals surface area (Å²) in [4.78, 5) is 8.95. The molecule has 2 aliphatic rings. The maximum absolute atomic E-state index is 16.4. The number of fused-ring (bicyclic) bond motifs is 1. The van der Waals surface area contributed by atoms with Gasteiger partial charge >= 0.3 is 0 Å². The topological polar surface area (TPSA) is 67.3 Å². The van der Waals surface area contributed by atoms with Crippen LogP contribution in [0, 0.1) is 22.9 Å². The van der Waals surface area contributed by atoms with E-state index in [2.05, 4.69) is 14.8 Å². The molecule has 2 fully saturated rings. The zero-order valence-corrected chi connectivity index (χ0v) is 24.5. The van der Waals surface area contributed by atoms with E-state index in [0.29, 0.717) is 87.6 Å². The van der Waals surface area contributed by atoms with Crippen molar-refractivity contribution in [1.82, 2.24) is 14.8 Å². The maximum atomic E-state index is 16.4. The number of nitrogens with zero attached hydrogens (tertiary/aromatic N) is 3. The van der Waals surface area contributed by atoms with E-state index in [1.165, 1.54) is 0 Å². The van der Waals surface area contributed by atoms with Gasteiger partial charge in [-0.25, -0.2) is 17.6 Å². The van der Waals surface area contributed by atoms with E-state index in [1.807, 2.05) is 18.2 Å². The van der Waals surface area contributed by atoms with Crippen LogP contribution in [-0.4, -0.2) is 86.2 Å². The van der Waals surface area contributed by atoms with E-state index < -0.39 is 34.8 Å².